The van der Waals surface area contributed by atoms with Gasteiger partial charge in [-0.1, -0.05) is 37.3 Å². The molecule has 1 aliphatic carbocycles. The Kier molecular flexibility index (Phi) is 4.26. The van der Waals surface area contributed by atoms with Crippen LogP contribution in [-0.2, 0) is 19.1 Å². The van der Waals surface area contributed by atoms with Gasteiger partial charge in [0.05, 0.1) is 14.2 Å². The third-order valence-corrected chi connectivity index (χ3v) is 3.75. The lowest BCUT2D eigenvalue weighted by Gasteiger charge is -2.24. The van der Waals surface area contributed by atoms with Crippen molar-refractivity contribution in [3.8, 4) is 0 Å². The van der Waals surface area contributed by atoms with Gasteiger partial charge >= 0.3 is 0 Å². The number of Topliss-reactive ketones (excluding diaryl/α,β-unsaturated/α-hetero) is 2. The first-order valence-corrected chi connectivity index (χ1v) is 6.70. The second-order valence-corrected chi connectivity index (χ2v) is 4.90. The van der Waals surface area contributed by atoms with Gasteiger partial charge in [0.1, 0.15) is 0 Å². The molecule has 0 radical (unpaired) electrons. The Morgan fingerprint density at radius 2 is 1.43 bits per heavy atom. The monoisotopic (exact) mass is 286 g/mol. The average Bonchev–Trinajstić information content (AvgIpc) is 2.51. The molecule has 0 bridgehead atoms. The number of methoxy groups -OCH3 is 2. The van der Waals surface area contributed by atoms with Crippen LogP contribution in [0.15, 0.2) is 53.0 Å². The van der Waals surface area contributed by atoms with E-state index in [1.54, 1.807) is 6.92 Å². The van der Waals surface area contributed by atoms with E-state index in [1.165, 1.54) is 14.2 Å². The molecule has 4 heteroatoms. The van der Waals surface area contributed by atoms with Gasteiger partial charge in [-0.2, -0.15) is 0 Å². The summed E-state index contributed by atoms with van der Waals surface area (Å²) in [5, 5.41) is 0. The van der Waals surface area contributed by atoms with E-state index in [0.29, 0.717) is 11.1 Å². The zero-order valence-corrected chi connectivity index (χ0v) is 12.6. The van der Waals surface area contributed by atoms with Gasteiger partial charge in [0, 0.05) is 17.1 Å². The van der Waals surface area contributed by atoms with Gasteiger partial charge in [-0.15, -0.1) is 0 Å². The maximum atomic E-state index is 12.6. The van der Waals surface area contributed by atoms with Crippen LogP contribution in [0.2, 0.25) is 0 Å². The molecule has 4 nitrogen and oxygen atoms in total. The number of hydrogen-bond acceptors (Lipinski definition) is 4. The number of rotatable bonds is 4. The lowest BCUT2D eigenvalue weighted by atomic mass is 9.82. The molecular weight excluding hydrogens is 268 g/mol. The van der Waals surface area contributed by atoms with E-state index >= 15 is 0 Å². The van der Waals surface area contributed by atoms with E-state index in [9.17, 15) is 9.59 Å². The molecule has 0 aliphatic heterocycles. The summed E-state index contributed by atoms with van der Waals surface area (Å²) >= 11 is 0. The Balaban J connectivity index is 2.52. The molecule has 0 aromatic heterocycles. The highest BCUT2D eigenvalue weighted by Crippen LogP contribution is 2.34. The van der Waals surface area contributed by atoms with Crippen molar-refractivity contribution in [1.29, 1.82) is 0 Å². The summed E-state index contributed by atoms with van der Waals surface area (Å²) in [5.41, 5.74) is 1.85. The third-order valence-electron chi connectivity index (χ3n) is 3.75. The summed E-state index contributed by atoms with van der Waals surface area (Å²) in [5.74, 6) is -0.823. The molecule has 2 rings (SSSR count). The van der Waals surface area contributed by atoms with Gasteiger partial charge in [0.2, 0.25) is 23.1 Å². The normalized spacial score (nSPS) is 17.1. The first-order valence-electron chi connectivity index (χ1n) is 6.70. The van der Waals surface area contributed by atoms with Crippen LogP contribution in [0.5, 0.6) is 0 Å². The van der Waals surface area contributed by atoms with E-state index in [2.05, 4.69) is 0 Å². The Morgan fingerprint density at radius 3 is 1.95 bits per heavy atom. The van der Waals surface area contributed by atoms with E-state index < -0.39 is 0 Å². The van der Waals surface area contributed by atoms with Crippen molar-refractivity contribution < 1.29 is 19.1 Å². The minimum atomic E-state index is -0.299. The largest absolute Gasteiger partial charge is 0.489 e. The van der Waals surface area contributed by atoms with Crippen LogP contribution in [-0.4, -0.2) is 25.8 Å². The Labute approximate surface area is 124 Å². The molecule has 0 saturated carbocycles. The summed E-state index contributed by atoms with van der Waals surface area (Å²) in [6, 6.07) is 9.60. The molecule has 1 unspecified atom stereocenters. The molecule has 0 N–H and O–H groups in total. The minimum Gasteiger partial charge on any atom is -0.489 e. The molecule has 0 amide bonds. The average molecular weight is 286 g/mol. The lowest BCUT2D eigenvalue weighted by molar-refractivity contribution is -0.121. The van der Waals surface area contributed by atoms with Crippen molar-refractivity contribution in [3.05, 3.63) is 58.6 Å². The molecule has 0 heterocycles. The summed E-state index contributed by atoms with van der Waals surface area (Å²) in [6.07, 6.45) is 0. The molecule has 0 saturated heterocycles. The third kappa shape index (κ3) is 2.49. The molecule has 0 fully saturated rings. The van der Waals surface area contributed by atoms with Crippen molar-refractivity contribution >= 4 is 11.6 Å². The zero-order valence-electron chi connectivity index (χ0n) is 12.6. The number of hydrogen-bond donors (Lipinski definition) is 0. The fraction of sp³-hybridized carbons (Fsp3) is 0.294. The van der Waals surface area contributed by atoms with Gasteiger partial charge in [0.15, 0.2) is 0 Å². The van der Waals surface area contributed by atoms with Crippen molar-refractivity contribution in [2.45, 2.75) is 19.8 Å². The minimum absolute atomic E-state index is 0.0223. The molecule has 1 aliphatic rings. The fourth-order valence-corrected chi connectivity index (χ4v) is 2.59. The number of carbonyl (C=O) groups excluding carboxylic acids is 2. The Hall–Kier alpha value is -2.36. The summed E-state index contributed by atoms with van der Waals surface area (Å²) in [4.78, 5) is 25.0. The maximum Gasteiger partial charge on any atom is 0.228 e. The molecule has 1 atom stereocenters. The first kappa shape index (κ1) is 15.0. The SMILES string of the molecule is COC1=C(OC)C(=O)C(C(C)c2ccccc2)=C(C)C1=O. The van der Waals surface area contributed by atoms with E-state index in [0.717, 1.165) is 5.56 Å². The van der Waals surface area contributed by atoms with Gasteiger partial charge in [0.25, 0.3) is 0 Å². The number of carbonyl (C=O) groups is 2. The van der Waals surface area contributed by atoms with Crippen LogP contribution in [0.4, 0.5) is 0 Å². The van der Waals surface area contributed by atoms with Crippen LogP contribution < -0.4 is 0 Å². The fourth-order valence-electron chi connectivity index (χ4n) is 2.59. The van der Waals surface area contributed by atoms with Crippen LogP contribution >= 0.6 is 0 Å². The molecule has 1 aromatic rings. The Bertz CT molecular complexity index is 638. The van der Waals surface area contributed by atoms with Gasteiger partial charge in [-0.25, -0.2) is 0 Å². The molecule has 0 spiro atoms. The predicted molar refractivity (Wildman–Crippen MR) is 78.6 cm³/mol. The van der Waals surface area contributed by atoms with E-state index in [4.69, 9.17) is 9.47 Å². The Morgan fingerprint density at radius 1 is 0.905 bits per heavy atom. The topological polar surface area (TPSA) is 52.6 Å². The quantitative estimate of drug-likeness (QED) is 0.799. The number of benzene rings is 1. The molecule has 1 aromatic carbocycles. The molecular formula is C17H18O4. The maximum absolute atomic E-state index is 12.6. The number of allylic oxidation sites excluding steroid dienone is 2. The van der Waals surface area contributed by atoms with Crippen molar-refractivity contribution in [3.63, 3.8) is 0 Å². The smallest absolute Gasteiger partial charge is 0.228 e. The second kappa shape index (κ2) is 5.95. The van der Waals surface area contributed by atoms with Crippen LogP contribution in [0.3, 0.4) is 0 Å². The molecule has 21 heavy (non-hydrogen) atoms. The second-order valence-electron chi connectivity index (χ2n) is 4.90. The highest BCUT2D eigenvalue weighted by Gasteiger charge is 2.37. The highest BCUT2D eigenvalue weighted by atomic mass is 16.5. The summed E-state index contributed by atoms with van der Waals surface area (Å²) in [6.45, 7) is 3.56. The van der Waals surface area contributed by atoms with Crippen molar-refractivity contribution in [2.75, 3.05) is 14.2 Å². The van der Waals surface area contributed by atoms with Gasteiger partial charge < -0.3 is 9.47 Å². The first-order chi connectivity index (χ1) is 10.0. The molecule has 110 valence electrons. The van der Waals surface area contributed by atoms with Crippen LogP contribution in [0.25, 0.3) is 0 Å². The van der Waals surface area contributed by atoms with Gasteiger partial charge in [-0.05, 0) is 12.5 Å². The predicted octanol–water partition coefficient (Wildman–Crippen LogP) is 2.76. The van der Waals surface area contributed by atoms with Crippen LogP contribution in [0.1, 0.15) is 25.3 Å². The van der Waals surface area contributed by atoms with E-state index in [1.807, 2.05) is 37.3 Å². The summed E-state index contributed by atoms with van der Waals surface area (Å²) < 4.78 is 10.1. The number of ether oxygens (including phenoxy) is 2. The highest BCUT2D eigenvalue weighted by molar-refractivity contribution is 6.23. The van der Waals surface area contributed by atoms with E-state index in [-0.39, 0.29) is 29.0 Å². The van der Waals surface area contributed by atoms with Gasteiger partial charge in [-0.3, -0.25) is 9.59 Å². The lowest BCUT2D eigenvalue weighted by Crippen LogP contribution is -2.27. The number of ketones is 2. The van der Waals surface area contributed by atoms with Crippen molar-refractivity contribution in [1.82, 2.24) is 0 Å². The zero-order chi connectivity index (χ0) is 15.6. The standard InChI is InChI=1S/C17H18O4/c1-10(12-8-6-5-7-9-12)13-11(2)14(18)16(20-3)17(21-4)15(13)19/h5-10H,1-4H3. The van der Waals surface area contributed by atoms with Crippen molar-refractivity contribution in [2.24, 2.45) is 0 Å². The van der Waals surface area contributed by atoms with Crippen LogP contribution in [0, 0.1) is 0 Å². The summed E-state index contributed by atoms with van der Waals surface area (Å²) in [7, 11) is 2.73.